The van der Waals surface area contributed by atoms with Crippen LogP contribution in [0.5, 0.6) is 0 Å². The van der Waals surface area contributed by atoms with E-state index in [4.69, 9.17) is 10.5 Å². The number of hydrogen-bond acceptors (Lipinski definition) is 4. The summed E-state index contributed by atoms with van der Waals surface area (Å²) in [6, 6.07) is -0.243. The Balaban J connectivity index is 2.85. The van der Waals surface area contributed by atoms with Crippen LogP contribution in [0.25, 0.3) is 0 Å². The quantitative estimate of drug-likeness (QED) is 0.802. The number of aliphatic hydroxyl groups excluding tert-OH is 1. The molecule has 112 valence electrons. The first kappa shape index (κ1) is 16.2. The normalized spacial score (nSPS) is 25.0. The molecule has 2 atom stereocenters. The van der Waals surface area contributed by atoms with Crippen molar-refractivity contribution in [2.45, 2.75) is 65.2 Å². The molecule has 5 heteroatoms. The fraction of sp³-hybridized carbons (Fsp3) is 0.929. The standard InChI is InChI=1S/C14H28N2O3/c1-13(2,3)19-12(18)16-9-14(4,5)7-6-10(16)11(17)8-15/h10-11,17H,6-9,15H2,1-5H3. The molecule has 5 nitrogen and oxygen atoms in total. The number of carbonyl (C=O) groups excluding carboxylic acids is 1. The van der Waals surface area contributed by atoms with Gasteiger partial charge in [0.1, 0.15) is 5.60 Å². The first-order valence-corrected chi connectivity index (χ1v) is 6.93. The maximum atomic E-state index is 12.3. The van der Waals surface area contributed by atoms with Crippen LogP contribution in [0.4, 0.5) is 4.79 Å². The Hall–Kier alpha value is -0.810. The molecule has 1 aliphatic heterocycles. The molecule has 0 aromatic heterocycles. The van der Waals surface area contributed by atoms with Crippen LogP contribution in [0.15, 0.2) is 0 Å². The van der Waals surface area contributed by atoms with Gasteiger partial charge in [0.25, 0.3) is 0 Å². The lowest BCUT2D eigenvalue weighted by atomic mass is 9.80. The number of likely N-dealkylation sites (tertiary alicyclic amines) is 1. The Labute approximate surface area is 116 Å². The van der Waals surface area contributed by atoms with Crippen molar-refractivity contribution in [1.82, 2.24) is 4.90 Å². The molecule has 1 rings (SSSR count). The summed E-state index contributed by atoms with van der Waals surface area (Å²) in [5, 5.41) is 10.00. The average Bonchev–Trinajstić information content (AvgIpc) is 2.24. The van der Waals surface area contributed by atoms with E-state index < -0.39 is 11.7 Å². The third kappa shape index (κ3) is 4.66. The van der Waals surface area contributed by atoms with E-state index in [-0.39, 0.29) is 24.1 Å². The minimum atomic E-state index is -0.691. The van der Waals surface area contributed by atoms with E-state index in [1.165, 1.54) is 0 Å². The topological polar surface area (TPSA) is 75.8 Å². The third-order valence-electron chi connectivity index (χ3n) is 3.43. The maximum Gasteiger partial charge on any atom is 0.410 e. The minimum Gasteiger partial charge on any atom is -0.444 e. The highest BCUT2D eigenvalue weighted by atomic mass is 16.6. The largest absolute Gasteiger partial charge is 0.444 e. The summed E-state index contributed by atoms with van der Waals surface area (Å²) in [7, 11) is 0. The van der Waals surface area contributed by atoms with Crippen LogP contribution in [0, 0.1) is 5.41 Å². The smallest absolute Gasteiger partial charge is 0.410 e. The highest BCUT2D eigenvalue weighted by molar-refractivity contribution is 5.69. The molecule has 0 aliphatic carbocycles. The monoisotopic (exact) mass is 272 g/mol. The van der Waals surface area contributed by atoms with Gasteiger partial charge in [-0.25, -0.2) is 4.79 Å². The number of amides is 1. The minimum absolute atomic E-state index is 0.0434. The van der Waals surface area contributed by atoms with Crippen LogP contribution in [0.1, 0.15) is 47.5 Å². The van der Waals surface area contributed by atoms with E-state index in [2.05, 4.69) is 13.8 Å². The van der Waals surface area contributed by atoms with Crippen LogP contribution in [-0.2, 0) is 4.74 Å². The summed E-state index contributed by atoms with van der Waals surface area (Å²) >= 11 is 0. The Bertz CT molecular complexity index is 323. The number of rotatable bonds is 2. The lowest BCUT2D eigenvalue weighted by Gasteiger charge is -2.45. The van der Waals surface area contributed by atoms with Crippen molar-refractivity contribution in [1.29, 1.82) is 0 Å². The van der Waals surface area contributed by atoms with Gasteiger partial charge in [-0.1, -0.05) is 13.8 Å². The second-order valence-electron chi connectivity index (χ2n) is 7.18. The number of nitrogens with zero attached hydrogens (tertiary/aromatic N) is 1. The predicted molar refractivity (Wildman–Crippen MR) is 74.8 cm³/mol. The first-order chi connectivity index (χ1) is 8.56. The van der Waals surface area contributed by atoms with Crippen molar-refractivity contribution in [3.8, 4) is 0 Å². The van der Waals surface area contributed by atoms with E-state index in [0.29, 0.717) is 6.54 Å². The number of aliphatic hydroxyl groups is 1. The summed E-state index contributed by atoms with van der Waals surface area (Å²) in [4.78, 5) is 13.9. The molecule has 1 fully saturated rings. The molecule has 0 aromatic rings. The van der Waals surface area contributed by atoms with Gasteiger partial charge < -0.3 is 20.5 Å². The molecule has 1 amide bonds. The van der Waals surface area contributed by atoms with Gasteiger partial charge in [-0.3, -0.25) is 0 Å². The molecule has 1 saturated heterocycles. The summed E-state index contributed by atoms with van der Waals surface area (Å²) < 4.78 is 5.43. The molecular weight excluding hydrogens is 244 g/mol. The van der Waals surface area contributed by atoms with Gasteiger partial charge in [0.15, 0.2) is 0 Å². The molecule has 2 unspecified atom stereocenters. The van der Waals surface area contributed by atoms with E-state index >= 15 is 0 Å². The zero-order valence-electron chi connectivity index (χ0n) is 12.8. The fourth-order valence-corrected chi connectivity index (χ4v) is 2.43. The number of carbonyl (C=O) groups is 1. The van der Waals surface area contributed by atoms with E-state index in [1.807, 2.05) is 20.8 Å². The van der Waals surface area contributed by atoms with Crippen molar-refractivity contribution >= 4 is 6.09 Å². The molecule has 19 heavy (non-hydrogen) atoms. The molecule has 0 saturated carbocycles. The van der Waals surface area contributed by atoms with E-state index in [9.17, 15) is 9.90 Å². The van der Waals surface area contributed by atoms with Gasteiger partial charge in [-0.2, -0.15) is 0 Å². The lowest BCUT2D eigenvalue weighted by Crippen LogP contribution is -2.56. The van der Waals surface area contributed by atoms with Gasteiger partial charge in [0.2, 0.25) is 0 Å². The van der Waals surface area contributed by atoms with Crippen molar-refractivity contribution in [3.63, 3.8) is 0 Å². The second kappa shape index (κ2) is 5.67. The number of ether oxygens (including phenoxy) is 1. The van der Waals surface area contributed by atoms with Gasteiger partial charge in [0.05, 0.1) is 12.1 Å². The van der Waals surface area contributed by atoms with Gasteiger partial charge >= 0.3 is 6.09 Å². The van der Waals surface area contributed by atoms with E-state index in [0.717, 1.165) is 12.8 Å². The zero-order valence-corrected chi connectivity index (χ0v) is 12.8. The summed E-state index contributed by atoms with van der Waals surface area (Å²) in [5.41, 5.74) is 5.04. The van der Waals surface area contributed by atoms with Crippen LogP contribution in [-0.4, -0.2) is 46.9 Å². The first-order valence-electron chi connectivity index (χ1n) is 6.93. The lowest BCUT2D eigenvalue weighted by molar-refractivity contribution is -0.0350. The highest BCUT2D eigenvalue weighted by Crippen LogP contribution is 2.33. The third-order valence-corrected chi connectivity index (χ3v) is 3.43. The SMILES string of the molecule is CC1(C)CCC(C(O)CN)N(C(=O)OC(C)(C)C)C1. The highest BCUT2D eigenvalue weighted by Gasteiger charge is 2.40. The molecule has 3 N–H and O–H groups in total. The fourth-order valence-electron chi connectivity index (χ4n) is 2.43. The van der Waals surface area contributed by atoms with Gasteiger partial charge in [-0.05, 0) is 39.0 Å². The molecule has 0 radical (unpaired) electrons. The van der Waals surface area contributed by atoms with E-state index in [1.54, 1.807) is 4.90 Å². The Kier molecular flexibility index (Phi) is 4.85. The number of hydrogen-bond donors (Lipinski definition) is 2. The summed E-state index contributed by atoms with van der Waals surface area (Å²) in [5.74, 6) is 0. The Morgan fingerprint density at radius 3 is 2.58 bits per heavy atom. The molecule has 0 bridgehead atoms. The van der Waals surface area contributed by atoms with Gasteiger partial charge in [-0.15, -0.1) is 0 Å². The zero-order chi connectivity index (χ0) is 14.8. The molecule has 1 aliphatic rings. The van der Waals surface area contributed by atoms with Crippen molar-refractivity contribution in [2.24, 2.45) is 11.1 Å². The Morgan fingerprint density at radius 2 is 2.11 bits per heavy atom. The summed E-state index contributed by atoms with van der Waals surface area (Å²) in [6.45, 7) is 10.5. The summed E-state index contributed by atoms with van der Waals surface area (Å²) in [6.07, 6.45) is 0.667. The average molecular weight is 272 g/mol. The Morgan fingerprint density at radius 1 is 1.53 bits per heavy atom. The molecular formula is C14H28N2O3. The van der Waals surface area contributed by atoms with Crippen LogP contribution in [0.2, 0.25) is 0 Å². The van der Waals surface area contributed by atoms with Gasteiger partial charge in [0, 0.05) is 13.1 Å². The van der Waals surface area contributed by atoms with Crippen LogP contribution < -0.4 is 5.73 Å². The maximum absolute atomic E-state index is 12.3. The van der Waals surface area contributed by atoms with Crippen LogP contribution >= 0.6 is 0 Å². The van der Waals surface area contributed by atoms with Crippen molar-refractivity contribution in [3.05, 3.63) is 0 Å². The molecule has 0 spiro atoms. The number of nitrogens with two attached hydrogens (primary N) is 1. The second-order valence-corrected chi connectivity index (χ2v) is 7.18. The molecule has 0 aromatic carbocycles. The number of piperidine rings is 1. The van der Waals surface area contributed by atoms with Crippen molar-refractivity contribution < 1.29 is 14.6 Å². The van der Waals surface area contributed by atoms with Crippen LogP contribution in [0.3, 0.4) is 0 Å². The van der Waals surface area contributed by atoms with Crippen molar-refractivity contribution in [2.75, 3.05) is 13.1 Å². The predicted octanol–water partition coefficient (Wildman–Crippen LogP) is 1.73. The molecule has 1 heterocycles.